The number of carbonyl (C=O) groups is 1. The van der Waals surface area contributed by atoms with E-state index in [1.807, 2.05) is 19.2 Å². The SMILES string of the molecule is CNCc1ccc(-n2cc(C(N)=O)cn2)cc1Cl. The molecule has 1 aromatic carbocycles. The summed E-state index contributed by atoms with van der Waals surface area (Å²) < 4.78 is 1.56. The first-order valence-corrected chi connectivity index (χ1v) is 5.77. The van der Waals surface area contributed by atoms with Crippen LogP contribution >= 0.6 is 11.6 Å². The van der Waals surface area contributed by atoms with Crippen molar-refractivity contribution in [3.05, 3.63) is 46.7 Å². The summed E-state index contributed by atoms with van der Waals surface area (Å²) in [6.07, 6.45) is 3.00. The second kappa shape index (κ2) is 5.20. The summed E-state index contributed by atoms with van der Waals surface area (Å²) in [4.78, 5) is 11.0. The number of amides is 1. The number of hydrogen-bond acceptors (Lipinski definition) is 3. The number of rotatable bonds is 4. The van der Waals surface area contributed by atoms with E-state index in [4.69, 9.17) is 17.3 Å². The molecule has 0 saturated heterocycles. The van der Waals surface area contributed by atoms with Crippen LogP contribution in [0.4, 0.5) is 0 Å². The van der Waals surface area contributed by atoms with Gasteiger partial charge < -0.3 is 11.1 Å². The zero-order valence-corrected chi connectivity index (χ0v) is 10.6. The molecule has 0 spiro atoms. The van der Waals surface area contributed by atoms with Crippen molar-refractivity contribution in [1.82, 2.24) is 15.1 Å². The minimum atomic E-state index is -0.501. The standard InChI is InChI=1S/C12H13ClN4O/c1-15-5-8-2-3-10(4-11(8)13)17-7-9(6-16-17)12(14)18/h2-4,6-7,15H,5H2,1H3,(H2,14,18). The molecule has 1 heterocycles. The van der Waals surface area contributed by atoms with Gasteiger partial charge in [0.2, 0.25) is 0 Å². The van der Waals surface area contributed by atoms with E-state index in [0.29, 0.717) is 17.1 Å². The summed E-state index contributed by atoms with van der Waals surface area (Å²) in [6, 6.07) is 5.60. The van der Waals surface area contributed by atoms with Gasteiger partial charge in [-0.25, -0.2) is 4.68 Å². The quantitative estimate of drug-likeness (QED) is 0.875. The van der Waals surface area contributed by atoms with Gasteiger partial charge in [0.1, 0.15) is 0 Å². The molecule has 18 heavy (non-hydrogen) atoms. The van der Waals surface area contributed by atoms with Gasteiger partial charge in [0.15, 0.2) is 0 Å². The van der Waals surface area contributed by atoms with E-state index >= 15 is 0 Å². The molecule has 0 aliphatic carbocycles. The van der Waals surface area contributed by atoms with Crippen molar-refractivity contribution < 1.29 is 4.79 Å². The van der Waals surface area contributed by atoms with E-state index in [0.717, 1.165) is 11.3 Å². The number of hydrogen-bond donors (Lipinski definition) is 2. The van der Waals surface area contributed by atoms with Crippen molar-refractivity contribution in [1.29, 1.82) is 0 Å². The molecule has 3 N–H and O–H groups in total. The fourth-order valence-electron chi connectivity index (χ4n) is 1.60. The Bertz CT molecular complexity index is 579. The highest BCUT2D eigenvalue weighted by Crippen LogP contribution is 2.20. The molecule has 94 valence electrons. The summed E-state index contributed by atoms with van der Waals surface area (Å²) in [6.45, 7) is 0.699. The highest BCUT2D eigenvalue weighted by atomic mass is 35.5. The second-order valence-corrected chi connectivity index (χ2v) is 4.25. The van der Waals surface area contributed by atoms with Gasteiger partial charge >= 0.3 is 0 Å². The van der Waals surface area contributed by atoms with Gasteiger partial charge in [0.05, 0.1) is 17.4 Å². The Labute approximate surface area is 110 Å². The van der Waals surface area contributed by atoms with Crippen molar-refractivity contribution >= 4 is 17.5 Å². The number of nitrogens with two attached hydrogens (primary N) is 1. The van der Waals surface area contributed by atoms with Gasteiger partial charge in [0.25, 0.3) is 5.91 Å². The highest BCUT2D eigenvalue weighted by molar-refractivity contribution is 6.31. The lowest BCUT2D eigenvalue weighted by Crippen LogP contribution is -2.09. The van der Waals surface area contributed by atoms with Gasteiger partial charge in [0, 0.05) is 17.8 Å². The van der Waals surface area contributed by atoms with Crippen molar-refractivity contribution in [3.8, 4) is 5.69 Å². The number of nitrogens with one attached hydrogen (secondary N) is 1. The maximum atomic E-state index is 11.0. The third kappa shape index (κ3) is 2.52. The van der Waals surface area contributed by atoms with Crippen molar-refractivity contribution in [3.63, 3.8) is 0 Å². The summed E-state index contributed by atoms with van der Waals surface area (Å²) >= 11 is 6.15. The van der Waals surface area contributed by atoms with Crippen LogP contribution < -0.4 is 11.1 Å². The largest absolute Gasteiger partial charge is 0.366 e. The molecule has 1 amide bonds. The van der Waals surface area contributed by atoms with Gasteiger partial charge in [-0.15, -0.1) is 0 Å². The molecule has 0 atom stereocenters. The molecule has 6 heteroatoms. The fraction of sp³-hybridized carbons (Fsp3) is 0.167. The van der Waals surface area contributed by atoms with Gasteiger partial charge in [-0.3, -0.25) is 4.79 Å². The molecule has 2 aromatic rings. The minimum Gasteiger partial charge on any atom is -0.366 e. The average molecular weight is 265 g/mol. The van der Waals surface area contributed by atoms with Crippen LogP contribution in [0.1, 0.15) is 15.9 Å². The minimum absolute atomic E-state index is 0.366. The number of carbonyl (C=O) groups excluding carboxylic acids is 1. The van der Waals surface area contributed by atoms with Gasteiger partial charge in [-0.2, -0.15) is 5.10 Å². The predicted octanol–water partition coefficient (Wildman–Crippen LogP) is 1.34. The van der Waals surface area contributed by atoms with E-state index in [1.165, 1.54) is 6.20 Å². The van der Waals surface area contributed by atoms with E-state index < -0.39 is 5.91 Å². The highest BCUT2D eigenvalue weighted by Gasteiger charge is 2.07. The summed E-state index contributed by atoms with van der Waals surface area (Å²) in [5, 5.41) is 7.75. The van der Waals surface area contributed by atoms with Crippen molar-refractivity contribution in [2.75, 3.05) is 7.05 Å². The number of aromatic nitrogens is 2. The van der Waals surface area contributed by atoms with Crippen LogP contribution in [0, 0.1) is 0 Å². The molecular weight excluding hydrogens is 252 g/mol. The number of primary amides is 1. The van der Waals surface area contributed by atoms with Crippen LogP contribution in [0.15, 0.2) is 30.6 Å². The van der Waals surface area contributed by atoms with Crippen molar-refractivity contribution in [2.24, 2.45) is 5.73 Å². The number of halogens is 1. The summed E-state index contributed by atoms with van der Waals surface area (Å²) in [5.41, 5.74) is 7.33. The molecule has 2 rings (SSSR count). The topological polar surface area (TPSA) is 72.9 Å². The Morgan fingerprint density at radius 3 is 2.89 bits per heavy atom. The normalized spacial score (nSPS) is 10.6. The predicted molar refractivity (Wildman–Crippen MR) is 69.9 cm³/mol. The molecule has 0 saturated carbocycles. The number of benzene rings is 1. The van der Waals surface area contributed by atoms with Crippen LogP contribution in [0.3, 0.4) is 0 Å². The lowest BCUT2D eigenvalue weighted by atomic mass is 10.2. The Hall–Kier alpha value is -1.85. The molecule has 1 aromatic heterocycles. The Morgan fingerprint density at radius 2 is 2.33 bits per heavy atom. The molecular formula is C12H13ClN4O. The van der Waals surface area contributed by atoms with Gasteiger partial charge in [-0.1, -0.05) is 17.7 Å². The zero-order valence-electron chi connectivity index (χ0n) is 9.85. The second-order valence-electron chi connectivity index (χ2n) is 3.84. The van der Waals surface area contributed by atoms with E-state index in [1.54, 1.807) is 16.9 Å². The van der Waals surface area contributed by atoms with Gasteiger partial charge in [-0.05, 0) is 24.7 Å². The zero-order chi connectivity index (χ0) is 13.1. The van der Waals surface area contributed by atoms with Crippen LogP contribution in [0.2, 0.25) is 5.02 Å². The van der Waals surface area contributed by atoms with E-state index in [9.17, 15) is 4.79 Å². The van der Waals surface area contributed by atoms with E-state index in [2.05, 4.69) is 10.4 Å². The maximum absolute atomic E-state index is 11.0. The number of nitrogens with zero attached hydrogens (tertiary/aromatic N) is 2. The summed E-state index contributed by atoms with van der Waals surface area (Å²) in [5.74, 6) is -0.501. The third-order valence-electron chi connectivity index (χ3n) is 2.54. The monoisotopic (exact) mass is 264 g/mol. The molecule has 0 radical (unpaired) electrons. The first-order chi connectivity index (χ1) is 8.61. The van der Waals surface area contributed by atoms with E-state index in [-0.39, 0.29) is 0 Å². The molecule has 0 aliphatic heterocycles. The molecule has 0 unspecified atom stereocenters. The van der Waals surface area contributed by atoms with Crippen LogP contribution in [0.25, 0.3) is 5.69 Å². The first-order valence-electron chi connectivity index (χ1n) is 5.39. The molecule has 0 fully saturated rings. The lowest BCUT2D eigenvalue weighted by molar-refractivity contribution is 0.100. The first kappa shape index (κ1) is 12.6. The molecule has 0 aliphatic rings. The van der Waals surface area contributed by atoms with Crippen LogP contribution in [0.5, 0.6) is 0 Å². The fourth-order valence-corrected chi connectivity index (χ4v) is 1.85. The Morgan fingerprint density at radius 1 is 1.56 bits per heavy atom. The van der Waals surface area contributed by atoms with Crippen LogP contribution in [-0.4, -0.2) is 22.7 Å². The lowest BCUT2D eigenvalue weighted by Gasteiger charge is -2.06. The Kier molecular flexibility index (Phi) is 3.64. The molecule has 5 nitrogen and oxygen atoms in total. The smallest absolute Gasteiger partial charge is 0.251 e. The third-order valence-corrected chi connectivity index (χ3v) is 2.89. The maximum Gasteiger partial charge on any atom is 0.251 e. The van der Waals surface area contributed by atoms with Crippen molar-refractivity contribution in [2.45, 2.75) is 6.54 Å². The van der Waals surface area contributed by atoms with Crippen LogP contribution in [-0.2, 0) is 6.54 Å². The molecule has 0 bridgehead atoms. The summed E-state index contributed by atoms with van der Waals surface area (Å²) in [7, 11) is 1.86. The average Bonchev–Trinajstić information content (AvgIpc) is 2.81. The Balaban J connectivity index is 2.33.